The zero-order chi connectivity index (χ0) is 10.4. The zero-order valence-electron chi connectivity index (χ0n) is 8.11. The van der Waals surface area contributed by atoms with Gasteiger partial charge in [-0.3, -0.25) is 4.79 Å². The third kappa shape index (κ3) is 0.992. The summed E-state index contributed by atoms with van der Waals surface area (Å²) in [6.45, 7) is 3.07. The Morgan fingerprint density at radius 3 is 2.86 bits per heavy atom. The summed E-state index contributed by atoms with van der Waals surface area (Å²) in [7, 11) is 0. The van der Waals surface area contributed by atoms with Gasteiger partial charge in [0.1, 0.15) is 11.7 Å². The summed E-state index contributed by atoms with van der Waals surface area (Å²) < 4.78 is 10.7. The fourth-order valence-corrected chi connectivity index (χ4v) is 2.08. The maximum absolute atomic E-state index is 10.9. The van der Waals surface area contributed by atoms with Crippen LogP contribution in [0.1, 0.15) is 20.3 Å². The van der Waals surface area contributed by atoms with Gasteiger partial charge in [-0.15, -0.1) is 0 Å². The van der Waals surface area contributed by atoms with Crippen LogP contribution in [0.4, 0.5) is 0 Å². The van der Waals surface area contributed by atoms with Crippen molar-refractivity contribution in [2.24, 2.45) is 0 Å². The summed E-state index contributed by atoms with van der Waals surface area (Å²) in [6, 6.07) is 2.06. The molecule has 3 atom stereocenters. The molecule has 0 saturated carbocycles. The first kappa shape index (κ1) is 9.22. The smallest absolute Gasteiger partial charge is 0.304 e. The summed E-state index contributed by atoms with van der Waals surface area (Å²) in [6.07, 6.45) is 4.03. The highest BCUT2D eigenvalue weighted by Gasteiger charge is 2.61. The molecule has 1 saturated heterocycles. The molecule has 0 aromatic heterocycles. The molecule has 0 spiro atoms. The van der Waals surface area contributed by atoms with E-state index in [4.69, 9.17) is 14.7 Å². The van der Waals surface area contributed by atoms with E-state index in [0.29, 0.717) is 6.42 Å². The molecule has 2 heterocycles. The summed E-state index contributed by atoms with van der Waals surface area (Å²) >= 11 is 0. The van der Waals surface area contributed by atoms with E-state index in [9.17, 15) is 4.79 Å². The molecule has 2 bridgehead atoms. The molecule has 0 N–H and O–H groups in total. The van der Waals surface area contributed by atoms with Crippen LogP contribution >= 0.6 is 0 Å². The van der Waals surface area contributed by atoms with E-state index in [1.165, 1.54) is 6.92 Å². The first-order valence-electron chi connectivity index (χ1n) is 4.49. The van der Waals surface area contributed by atoms with Gasteiger partial charge in [0.25, 0.3) is 0 Å². The first-order chi connectivity index (χ1) is 6.51. The van der Waals surface area contributed by atoms with E-state index in [-0.39, 0.29) is 6.10 Å². The summed E-state index contributed by atoms with van der Waals surface area (Å²) in [5.74, 6) is -0.447. The molecule has 14 heavy (non-hydrogen) atoms. The van der Waals surface area contributed by atoms with Crippen molar-refractivity contribution >= 4 is 5.97 Å². The molecule has 0 aromatic carbocycles. The molecule has 0 unspecified atom stereocenters. The number of nitrogens with zero attached hydrogens (tertiary/aromatic N) is 1. The van der Waals surface area contributed by atoms with Crippen molar-refractivity contribution in [1.82, 2.24) is 0 Å². The van der Waals surface area contributed by atoms with E-state index in [2.05, 4.69) is 6.07 Å². The Morgan fingerprint density at radius 1 is 1.79 bits per heavy atom. The quantitative estimate of drug-likeness (QED) is 0.459. The Morgan fingerprint density at radius 2 is 2.50 bits per heavy atom. The van der Waals surface area contributed by atoms with Crippen molar-refractivity contribution in [3.05, 3.63) is 12.2 Å². The van der Waals surface area contributed by atoms with E-state index in [1.807, 2.05) is 6.08 Å². The standard InChI is InChI=1S/C10H11NO3/c1-7(12)13-10(6-11)5-8-3-4-9(10,2)14-8/h3-4,8H,5H2,1-2H3/t8-,9+,10-/m1/s1. The Hall–Kier alpha value is -1.34. The number of ether oxygens (including phenoxy) is 2. The Balaban J connectivity index is 2.36. The van der Waals surface area contributed by atoms with Gasteiger partial charge in [-0.25, -0.2) is 0 Å². The van der Waals surface area contributed by atoms with Gasteiger partial charge in [-0.2, -0.15) is 5.26 Å². The van der Waals surface area contributed by atoms with Crippen LogP contribution in [-0.2, 0) is 14.3 Å². The topological polar surface area (TPSA) is 59.3 Å². The average molecular weight is 193 g/mol. The third-order valence-corrected chi connectivity index (χ3v) is 2.81. The number of hydrogen-bond acceptors (Lipinski definition) is 4. The third-order valence-electron chi connectivity index (χ3n) is 2.81. The Bertz CT molecular complexity index is 357. The van der Waals surface area contributed by atoms with E-state index in [0.717, 1.165) is 0 Å². The average Bonchev–Trinajstić information content (AvgIpc) is 2.57. The van der Waals surface area contributed by atoms with Gasteiger partial charge >= 0.3 is 5.97 Å². The molecule has 74 valence electrons. The zero-order valence-corrected chi connectivity index (χ0v) is 8.11. The van der Waals surface area contributed by atoms with Crippen molar-refractivity contribution in [1.29, 1.82) is 5.26 Å². The number of hydrogen-bond donors (Lipinski definition) is 0. The molecular weight excluding hydrogens is 182 g/mol. The predicted molar refractivity (Wildman–Crippen MR) is 47.1 cm³/mol. The normalized spacial score (nSPS) is 43.6. The van der Waals surface area contributed by atoms with Gasteiger partial charge in [-0.1, -0.05) is 6.08 Å². The minimum Gasteiger partial charge on any atom is -0.440 e. The van der Waals surface area contributed by atoms with Gasteiger partial charge in [0.05, 0.1) is 6.10 Å². The van der Waals surface area contributed by atoms with Crippen LogP contribution in [0.5, 0.6) is 0 Å². The lowest BCUT2D eigenvalue weighted by atomic mass is 9.80. The van der Waals surface area contributed by atoms with Gasteiger partial charge in [-0.05, 0) is 13.0 Å². The second-order valence-corrected chi connectivity index (χ2v) is 3.86. The van der Waals surface area contributed by atoms with E-state index in [1.54, 1.807) is 13.0 Å². The van der Waals surface area contributed by atoms with E-state index < -0.39 is 17.2 Å². The van der Waals surface area contributed by atoms with Crippen molar-refractivity contribution in [2.45, 2.75) is 37.6 Å². The second-order valence-electron chi connectivity index (χ2n) is 3.86. The fraction of sp³-hybridized carbons (Fsp3) is 0.600. The number of fused-ring (bicyclic) bond motifs is 2. The molecule has 2 rings (SSSR count). The van der Waals surface area contributed by atoms with Crippen molar-refractivity contribution in [3.63, 3.8) is 0 Å². The van der Waals surface area contributed by atoms with Crippen LogP contribution in [0, 0.1) is 11.3 Å². The van der Waals surface area contributed by atoms with Crippen LogP contribution in [-0.4, -0.2) is 23.3 Å². The molecule has 4 heteroatoms. The van der Waals surface area contributed by atoms with Gasteiger partial charge in [0, 0.05) is 13.3 Å². The lowest BCUT2D eigenvalue weighted by Gasteiger charge is -2.33. The van der Waals surface area contributed by atoms with Crippen LogP contribution in [0.2, 0.25) is 0 Å². The monoisotopic (exact) mass is 193 g/mol. The predicted octanol–water partition coefficient (Wildman–Crippen LogP) is 0.929. The highest BCUT2D eigenvalue weighted by molar-refractivity contribution is 5.67. The van der Waals surface area contributed by atoms with Crippen molar-refractivity contribution in [2.75, 3.05) is 0 Å². The summed E-state index contributed by atoms with van der Waals surface area (Å²) in [4.78, 5) is 10.9. The summed E-state index contributed by atoms with van der Waals surface area (Å²) in [5.41, 5.74) is -1.92. The molecule has 0 aliphatic carbocycles. The van der Waals surface area contributed by atoms with Crippen LogP contribution in [0.15, 0.2) is 12.2 Å². The summed E-state index contributed by atoms with van der Waals surface area (Å²) in [5, 5.41) is 9.11. The van der Waals surface area contributed by atoms with Crippen molar-refractivity contribution < 1.29 is 14.3 Å². The fourth-order valence-electron chi connectivity index (χ4n) is 2.08. The van der Waals surface area contributed by atoms with Crippen molar-refractivity contribution in [3.8, 4) is 6.07 Å². The molecule has 0 amide bonds. The van der Waals surface area contributed by atoms with Gasteiger partial charge in [0.15, 0.2) is 0 Å². The number of esters is 1. The van der Waals surface area contributed by atoms with Gasteiger partial charge in [0.2, 0.25) is 5.60 Å². The minimum atomic E-state index is -1.14. The molecule has 4 nitrogen and oxygen atoms in total. The number of nitriles is 1. The largest absolute Gasteiger partial charge is 0.440 e. The van der Waals surface area contributed by atoms with Gasteiger partial charge < -0.3 is 9.47 Å². The molecule has 1 fully saturated rings. The van der Waals surface area contributed by atoms with Crippen LogP contribution < -0.4 is 0 Å². The molecular formula is C10H11NO3. The lowest BCUT2D eigenvalue weighted by Crippen LogP contribution is -2.49. The number of carbonyl (C=O) groups excluding carboxylic acids is 1. The number of carbonyl (C=O) groups is 1. The highest BCUT2D eigenvalue weighted by atomic mass is 16.6. The van der Waals surface area contributed by atoms with E-state index >= 15 is 0 Å². The van der Waals surface area contributed by atoms with Crippen LogP contribution in [0.3, 0.4) is 0 Å². The first-order valence-corrected chi connectivity index (χ1v) is 4.49. The molecule has 0 aromatic rings. The lowest BCUT2D eigenvalue weighted by molar-refractivity contribution is -0.160. The SMILES string of the molecule is CC(=O)O[C@@]1(C#N)C[C@H]2C=C[C@]1(C)O2. The minimum absolute atomic E-state index is 0.0981. The second kappa shape index (κ2) is 2.58. The van der Waals surface area contributed by atoms with Crippen LogP contribution in [0.25, 0.3) is 0 Å². The highest BCUT2D eigenvalue weighted by Crippen LogP contribution is 2.47. The Labute approximate surface area is 82.1 Å². The number of rotatable bonds is 1. The maximum atomic E-state index is 10.9. The Kier molecular flexibility index (Phi) is 1.70. The molecule has 0 radical (unpaired) electrons. The molecule has 2 aliphatic heterocycles. The maximum Gasteiger partial charge on any atom is 0.304 e. The molecule has 2 aliphatic rings.